The van der Waals surface area contributed by atoms with Gasteiger partial charge in [0.2, 0.25) is 16.3 Å². The zero-order valence-electron chi connectivity index (χ0n) is 13.4. The van der Waals surface area contributed by atoms with E-state index in [1.165, 1.54) is 0 Å². The van der Waals surface area contributed by atoms with Gasteiger partial charge in [0, 0.05) is 5.75 Å². The number of rotatable bonds is 6. The van der Waals surface area contributed by atoms with Crippen molar-refractivity contribution in [2.75, 3.05) is 20.5 Å². The van der Waals surface area contributed by atoms with Crippen LogP contribution in [0, 0.1) is 4.78 Å². The lowest BCUT2D eigenvalue weighted by molar-refractivity contribution is 0.683. The lowest BCUT2D eigenvalue weighted by Crippen LogP contribution is -2.24. The van der Waals surface area contributed by atoms with Crippen LogP contribution in [0.4, 0.5) is 17.3 Å². The molecule has 7 nitrogen and oxygen atoms in total. The summed E-state index contributed by atoms with van der Waals surface area (Å²) in [6.45, 7) is 2.54. The highest BCUT2D eigenvalue weighted by atomic mass is 32.2. The number of hydrogen-bond donors (Lipinski definition) is 3. The molecule has 0 amide bonds. The number of unbranched alkanes of at least 4 members (excludes halogenated alkanes) is 1. The Morgan fingerprint density at radius 2 is 2.08 bits per heavy atom. The summed E-state index contributed by atoms with van der Waals surface area (Å²) >= 11 is -1.45. The predicted molar refractivity (Wildman–Crippen MR) is 99.0 cm³/mol. The van der Waals surface area contributed by atoms with Crippen molar-refractivity contribution in [1.29, 1.82) is 4.78 Å². The summed E-state index contributed by atoms with van der Waals surface area (Å²) in [6, 6.07) is 9.76. The van der Waals surface area contributed by atoms with Gasteiger partial charge in [0.15, 0.2) is 11.6 Å². The van der Waals surface area contributed by atoms with Gasteiger partial charge >= 0.3 is 0 Å². The molecular weight excluding hydrogens is 344 g/mol. The molecule has 0 bridgehead atoms. The van der Waals surface area contributed by atoms with Gasteiger partial charge in [0.05, 0.1) is 6.54 Å². The molecule has 1 aliphatic rings. The largest absolute Gasteiger partial charge is 0.382 e. The molecule has 0 fully saturated rings. The number of nitrogens with two attached hydrogens (primary N) is 1. The molecule has 0 aliphatic carbocycles. The first-order valence-corrected chi connectivity index (χ1v) is 10.2. The maximum absolute atomic E-state index is 12.4. The fourth-order valence-corrected chi connectivity index (χ4v) is 4.52. The Labute approximate surface area is 146 Å². The predicted octanol–water partition coefficient (Wildman–Crippen LogP) is 2.61. The normalized spacial score (nSPS) is 17.4. The van der Waals surface area contributed by atoms with Crippen LogP contribution in [0.1, 0.15) is 25.3 Å². The summed E-state index contributed by atoms with van der Waals surface area (Å²) < 4.78 is 25.1. The maximum Gasteiger partial charge on any atom is 0.224 e. The van der Waals surface area contributed by atoms with Crippen LogP contribution in [0.2, 0.25) is 0 Å². The van der Waals surface area contributed by atoms with Crippen LogP contribution in [0.15, 0.2) is 35.5 Å². The number of nitrogens with one attached hydrogen (secondary N) is 2. The number of nitrogen functional groups attached to an aromatic ring is 1. The van der Waals surface area contributed by atoms with Crippen molar-refractivity contribution >= 4 is 39.2 Å². The van der Waals surface area contributed by atoms with Crippen molar-refractivity contribution in [3.63, 3.8) is 0 Å². The average molecular weight is 364 g/mol. The highest BCUT2D eigenvalue weighted by Crippen LogP contribution is 2.37. The van der Waals surface area contributed by atoms with Gasteiger partial charge in [-0.05, 0) is 22.7 Å². The molecule has 2 heterocycles. The smallest absolute Gasteiger partial charge is 0.224 e. The summed E-state index contributed by atoms with van der Waals surface area (Å²) in [4.78, 5) is 8.74. The molecule has 1 aromatic carbocycles. The van der Waals surface area contributed by atoms with Gasteiger partial charge in [-0.2, -0.15) is 0 Å². The van der Waals surface area contributed by atoms with E-state index >= 15 is 0 Å². The van der Waals surface area contributed by atoms with Crippen molar-refractivity contribution in [3.05, 3.63) is 35.9 Å². The SMILES string of the molecule is CCCCS(=N)c1nc(N)c2c(n1)N(Cc1ccccc1)S(=O)N2. The molecule has 0 spiro atoms. The lowest BCUT2D eigenvalue weighted by atomic mass is 10.2. The molecule has 1 aromatic heterocycles. The molecule has 24 heavy (non-hydrogen) atoms. The fraction of sp³-hybridized carbons (Fsp3) is 0.333. The first kappa shape index (κ1) is 16.8. The number of aromatic nitrogens is 2. The zero-order valence-corrected chi connectivity index (χ0v) is 15.0. The van der Waals surface area contributed by atoms with E-state index in [1.807, 2.05) is 30.3 Å². The van der Waals surface area contributed by atoms with Gasteiger partial charge in [-0.1, -0.05) is 43.7 Å². The third kappa shape index (κ3) is 3.41. The number of benzene rings is 1. The Bertz CT molecular complexity index is 783. The number of hydrogen-bond acceptors (Lipinski definition) is 5. The third-order valence-corrected chi connectivity index (χ3v) is 6.02. The molecule has 2 unspecified atom stereocenters. The first-order valence-electron chi connectivity index (χ1n) is 7.69. The van der Waals surface area contributed by atoms with E-state index in [0.717, 1.165) is 18.4 Å². The summed E-state index contributed by atoms with van der Waals surface area (Å²) in [5.41, 5.74) is 7.51. The quantitative estimate of drug-likeness (QED) is 0.685. The van der Waals surface area contributed by atoms with Crippen molar-refractivity contribution in [2.24, 2.45) is 0 Å². The van der Waals surface area contributed by atoms with Crippen molar-refractivity contribution < 1.29 is 4.21 Å². The Hall–Kier alpha value is -2.00. The van der Waals surface area contributed by atoms with E-state index in [-0.39, 0.29) is 5.82 Å². The van der Waals surface area contributed by atoms with Gasteiger partial charge in [-0.15, -0.1) is 0 Å². The average Bonchev–Trinajstić information content (AvgIpc) is 2.90. The molecule has 1 aliphatic heterocycles. The van der Waals surface area contributed by atoms with Gasteiger partial charge in [-0.3, -0.25) is 13.8 Å². The summed E-state index contributed by atoms with van der Waals surface area (Å²) in [6.07, 6.45) is 1.97. The van der Waals surface area contributed by atoms with E-state index < -0.39 is 21.9 Å². The Balaban J connectivity index is 1.92. The van der Waals surface area contributed by atoms with Crippen LogP contribution in [-0.4, -0.2) is 19.9 Å². The zero-order chi connectivity index (χ0) is 17.1. The second-order valence-corrected chi connectivity index (χ2v) is 8.11. The molecule has 0 radical (unpaired) electrons. The highest BCUT2D eigenvalue weighted by Gasteiger charge is 2.31. The lowest BCUT2D eigenvalue weighted by Gasteiger charge is -2.15. The van der Waals surface area contributed by atoms with Gasteiger partial charge in [0.25, 0.3) is 0 Å². The second-order valence-electron chi connectivity index (χ2n) is 5.41. The van der Waals surface area contributed by atoms with Gasteiger partial charge in [-0.25, -0.2) is 14.2 Å². The van der Waals surface area contributed by atoms with Crippen molar-refractivity contribution in [3.8, 4) is 0 Å². The van der Waals surface area contributed by atoms with E-state index in [1.54, 1.807) is 4.31 Å². The van der Waals surface area contributed by atoms with Crippen LogP contribution in [-0.2, 0) is 28.4 Å². The van der Waals surface area contributed by atoms with Gasteiger partial charge < -0.3 is 5.73 Å². The third-order valence-electron chi connectivity index (χ3n) is 3.61. The monoisotopic (exact) mass is 364 g/mol. The standard InChI is InChI=1S/C15H20N6OS2/c1-2-3-9-23(17)15-18-13(16)12-14(19-15)21(24(22)20-12)10-11-7-5-4-6-8-11/h4-8,17,20H,2-3,9-10H2,1H3,(H2,16,18,19). The number of nitrogens with zero attached hydrogens (tertiary/aromatic N) is 3. The fourth-order valence-electron chi connectivity index (χ4n) is 2.32. The molecule has 128 valence electrons. The second kappa shape index (κ2) is 7.27. The highest BCUT2D eigenvalue weighted by molar-refractivity contribution is 7.88. The first-order chi connectivity index (χ1) is 11.6. The number of anilines is 3. The van der Waals surface area contributed by atoms with Crippen molar-refractivity contribution in [2.45, 2.75) is 31.5 Å². The van der Waals surface area contributed by atoms with Crippen molar-refractivity contribution in [1.82, 2.24) is 9.97 Å². The molecule has 0 saturated carbocycles. The number of fused-ring (bicyclic) bond motifs is 1. The van der Waals surface area contributed by atoms with E-state index in [9.17, 15) is 4.21 Å². The Morgan fingerprint density at radius 1 is 1.33 bits per heavy atom. The summed E-state index contributed by atoms with van der Waals surface area (Å²) in [5.74, 6) is 1.48. The van der Waals surface area contributed by atoms with Gasteiger partial charge in [0.1, 0.15) is 5.69 Å². The summed E-state index contributed by atoms with van der Waals surface area (Å²) in [7, 11) is -0.814. The molecule has 4 N–H and O–H groups in total. The Kier molecular flexibility index (Phi) is 5.10. The molecule has 2 aromatic rings. The molecule has 3 rings (SSSR count). The van der Waals surface area contributed by atoms with E-state index in [4.69, 9.17) is 10.5 Å². The minimum absolute atomic E-state index is 0.250. The molecule has 0 saturated heterocycles. The summed E-state index contributed by atoms with van der Waals surface area (Å²) in [5, 5.41) is 0.415. The van der Waals surface area contributed by atoms with Crippen LogP contribution >= 0.6 is 0 Å². The van der Waals surface area contributed by atoms with Crippen LogP contribution in [0.3, 0.4) is 0 Å². The Morgan fingerprint density at radius 3 is 2.79 bits per heavy atom. The van der Waals surface area contributed by atoms with Crippen LogP contribution in [0.5, 0.6) is 0 Å². The molecular formula is C15H20N6OS2. The van der Waals surface area contributed by atoms with Crippen LogP contribution in [0.25, 0.3) is 0 Å². The minimum Gasteiger partial charge on any atom is -0.382 e. The van der Waals surface area contributed by atoms with Crippen LogP contribution < -0.4 is 14.8 Å². The maximum atomic E-state index is 12.4. The molecule has 2 atom stereocenters. The van der Waals surface area contributed by atoms with E-state index in [2.05, 4.69) is 21.6 Å². The van der Waals surface area contributed by atoms with E-state index in [0.29, 0.717) is 29.0 Å². The molecule has 9 heteroatoms. The topological polar surface area (TPSA) is 108 Å². The minimum atomic E-state index is -1.45.